The number of nitrogens with one attached hydrogen (secondary N) is 1. The minimum Gasteiger partial charge on any atom is -0.282 e. The lowest BCUT2D eigenvalue weighted by Gasteiger charge is -1.94. The fourth-order valence-corrected chi connectivity index (χ4v) is 1.43. The van der Waals surface area contributed by atoms with E-state index in [2.05, 4.69) is 33.1 Å². The van der Waals surface area contributed by atoms with E-state index in [1.54, 1.807) is 0 Å². The second-order valence-corrected chi connectivity index (χ2v) is 3.14. The molecule has 0 amide bonds. The van der Waals surface area contributed by atoms with Crippen molar-refractivity contribution in [3.05, 3.63) is 17.0 Å². The van der Waals surface area contributed by atoms with Gasteiger partial charge in [-0.2, -0.15) is 5.10 Å². The number of aromatic amines is 1. The molecule has 0 bridgehead atoms. The highest BCUT2D eigenvalue weighted by molar-refractivity contribution is 9.09. The molecule has 1 N–H and O–H groups in total. The molecule has 0 saturated carbocycles. The van der Waals surface area contributed by atoms with Crippen molar-refractivity contribution in [2.45, 2.75) is 20.3 Å². The Morgan fingerprint density at radius 3 is 2.60 bits per heavy atom. The van der Waals surface area contributed by atoms with Gasteiger partial charge >= 0.3 is 0 Å². The predicted octanol–water partition coefficient (Wildman–Crippen LogP) is 1.96. The molecule has 10 heavy (non-hydrogen) atoms. The highest BCUT2D eigenvalue weighted by Gasteiger charge is 2.03. The van der Waals surface area contributed by atoms with Crippen molar-refractivity contribution in [3.63, 3.8) is 0 Å². The van der Waals surface area contributed by atoms with E-state index in [4.69, 9.17) is 0 Å². The highest BCUT2D eigenvalue weighted by Crippen LogP contribution is 2.10. The lowest BCUT2D eigenvalue weighted by atomic mass is 10.6. The number of aryl methyl sites for hydroxylation is 2. The van der Waals surface area contributed by atoms with Crippen LogP contribution in [0.2, 0.25) is 0 Å². The summed E-state index contributed by atoms with van der Waals surface area (Å²) >= 11 is 3.40. The second kappa shape index (κ2) is 3.19. The first-order chi connectivity index (χ1) is 4.75. The molecule has 0 aliphatic heterocycles. The monoisotopic (exact) mass is 209 g/mol. The Morgan fingerprint density at radius 2 is 2.20 bits per heavy atom. The number of H-pyrrole nitrogens is 1. The Balaban J connectivity index is 2.87. The summed E-state index contributed by atoms with van der Waals surface area (Å²) in [4.78, 5) is 0. The van der Waals surface area contributed by atoms with Crippen LogP contribution in [0.4, 0.5) is 0 Å². The van der Waals surface area contributed by atoms with Crippen LogP contribution in [-0.4, -0.2) is 15.5 Å². The molecule has 1 aromatic rings. The zero-order valence-electron chi connectivity index (χ0n) is 6.24. The number of hydrogen-bond donors (Lipinski definition) is 1. The van der Waals surface area contributed by atoms with Gasteiger partial charge in [-0.1, -0.05) is 15.9 Å². The topological polar surface area (TPSA) is 28.7 Å². The fraction of sp³-hybridized carbons (Fsp3) is 0.571. The molecule has 0 fully saturated rings. The summed E-state index contributed by atoms with van der Waals surface area (Å²) in [5.74, 6) is 0. The fourth-order valence-electron chi connectivity index (χ4n) is 1.04. The molecule has 0 saturated heterocycles. The van der Waals surface area contributed by atoms with E-state index in [0.717, 1.165) is 17.4 Å². The van der Waals surface area contributed by atoms with Gasteiger partial charge in [0.15, 0.2) is 0 Å². The summed E-state index contributed by atoms with van der Waals surface area (Å²) in [7, 11) is 0. The maximum Gasteiger partial charge on any atom is 0.0626 e. The van der Waals surface area contributed by atoms with Crippen LogP contribution < -0.4 is 0 Å². The maximum absolute atomic E-state index is 4.09. The summed E-state index contributed by atoms with van der Waals surface area (Å²) in [6.45, 7) is 4.08. The molecule has 1 heterocycles. The summed E-state index contributed by atoms with van der Waals surface area (Å²) in [5.41, 5.74) is 3.66. The second-order valence-electron chi connectivity index (χ2n) is 2.35. The summed E-state index contributed by atoms with van der Waals surface area (Å²) < 4.78 is 0. The minimum atomic E-state index is 1.01. The Kier molecular flexibility index (Phi) is 2.49. The Hall–Kier alpha value is -0.310. The Bertz CT molecular complexity index is 198. The van der Waals surface area contributed by atoms with Gasteiger partial charge in [-0.3, -0.25) is 5.10 Å². The zero-order valence-corrected chi connectivity index (χ0v) is 7.83. The minimum absolute atomic E-state index is 1.01. The SMILES string of the molecule is [13CH3][13c]1[15n][15nH][13c]([13CH3])[13c]1CCBr. The highest BCUT2D eigenvalue weighted by atomic mass is 79.9. The third kappa shape index (κ3) is 1.40. The van der Waals surface area contributed by atoms with Gasteiger partial charge in [0.1, 0.15) is 0 Å². The number of hydrogen-bond acceptors (Lipinski definition) is 1. The molecule has 56 valence electrons. The third-order valence-electron chi connectivity index (χ3n) is 1.63. The number of aromatic nitrogens is 2. The first-order valence-electron chi connectivity index (χ1n) is 3.32. The average Bonchev–Trinajstić information content (AvgIpc) is 2.20. The van der Waals surface area contributed by atoms with E-state index in [1.807, 2.05) is 6.92 Å². The van der Waals surface area contributed by atoms with Crippen molar-refractivity contribution in [2.24, 2.45) is 0 Å². The van der Waals surface area contributed by atoms with Crippen molar-refractivity contribution < 1.29 is 0 Å². The molecule has 0 aliphatic carbocycles. The van der Waals surface area contributed by atoms with E-state index >= 15 is 0 Å². The van der Waals surface area contributed by atoms with Crippen LogP contribution in [0.15, 0.2) is 0 Å². The number of halogens is 1. The van der Waals surface area contributed by atoms with Crippen molar-refractivity contribution >= 4 is 15.9 Å². The van der Waals surface area contributed by atoms with Crippen LogP contribution in [0.25, 0.3) is 0 Å². The zero-order chi connectivity index (χ0) is 7.56. The Morgan fingerprint density at radius 1 is 1.50 bits per heavy atom. The molecule has 0 radical (unpaired) electrons. The van der Waals surface area contributed by atoms with E-state index in [1.165, 1.54) is 11.3 Å². The number of rotatable bonds is 2. The van der Waals surface area contributed by atoms with Gasteiger partial charge in [0.2, 0.25) is 0 Å². The van der Waals surface area contributed by atoms with Crippen molar-refractivity contribution in [1.82, 2.24) is 10.2 Å². The summed E-state index contributed by atoms with van der Waals surface area (Å²) in [6.07, 6.45) is 1.06. The van der Waals surface area contributed by atoms with E-state index < -0.39 is 0 Å². The van der Waals surface area contributed by atoms with E-state index in [9.17, 15) is 0 Å². The number of alkyl halides is 1. The molecule has 0 spiro atoms. The van der Waals surface area contributed by atoms with Gasteiger partial charge in [-0.25, -0.2) is 0 Å². The van der Waals surface area contributed by atoms with E-state index in [-0.39, 0.29) is 0 Å². The first kappa shape index (κ1) is 7.79. The molecule has 0 aliphatic rings. The van der Waals surface area contributed by atoms with Gasteiger partial charge in [-0.05, 0) is 25.8 Å². The Labute approximate surface area is 69.2 Å². The van der Waals surface area contributed by atoms with Gasteiger partial charge in [-0.15, -0.1) is 0 Å². The largest absolute Gasteiger partial charge is 0.282 e. The van der Waals surface area contributed by atoms with Crippen molar-refractivity contribution in [3.8, 4) is 0 Å². The predicted molar refractivity (Wildman–Crippen MR) is 45.6 cm³/mol. The van der Waals surface area contributed by atoms with Gasteiger partial charge in [0.05, 0.1) is 5.69 Å². The molecule has 0 aromatic carbocycles. The van der Waals surface area contributed by atoms with Crippen molar-refractivity contribution in [1.29, 1.82) is 0 Å². The number of nitrogens with zero attached hydrogens (tertiary/aromatic N) is 1. The van der Waals surface area contributed by atoms with Gasteiger partial charge < -0.3 is 0 Å². The molecular weight excluding hydrogens is 199 g/mol. The normalized spacial score (nSPS) is 10.3. The molecule has 0 atom stereocenters. The standard InChI is InChI=1S/C7H11BrN2/c1-5-7(3-4-8)6(2)10-9-5/h3-4H2,1-2H3,(H,9,10)/i1+1,2+1,5+1,6+1,7+1,9+1,10+1. The van der Waals surface area contributed by atoms with Crippen LogP contribution in [0.1, 0.15) is 17.0 Å². The first-order valence-corrected chi connectivity index (χ1v) is 4.44. The van der Waals surface area contributed by atoms with Crippen LogP contribution >= 0.6 is 15.9 Å². The summed E-state index contributed by atoms with van der Waals surface area (Å²) in [5, 5.41) is 8.05. The van der Waals surface area contributed by atoms with Crippen LogP contribution in [0.3, 0.4) is 0 Å². The lowest BCUT2D eigenvalue weighted by Crippen LogP contribution is -1.88. The molecule has 1 rings (SSSR count). The van der Waals surface area contributed by atoms with Crippen LogP contribution in [-0.2, 0) is 6.42 Å². The van der Waals surface area contributed by atoms with Gasteiger partial charge in [0, 0.05) is 11.0 Å². The molecule has 0 unspecified atom stereocenters. The summed E-state index contributed by atoms with van der Waals surface area (Å²) in [6, 6.07) is 0. The molecule has 2 nitrogen and oxygen atoms in total. The third-order valence-corrected chi connectivity index (χ3v) is 2.02. The van der Waals surface area contributed by atoms with Crippen LogP contribution in [0.5, 0.6) is 0 Å². The molecule has 3 heteroatoms. The van der Waals surface area contributed by atoms with Crippen molar-refractivity contribution in [2.75, 3.05) is 5.33 Å². The maximum atomic E-state index is 4.09. The quantitative estimate of drug-likeness (QED) is 0.586. The molecule has 1 aromatic heterocycles. The smallest absolute Gasteiger partial charge is 0.0626 e. The average molecular weight is 210 g/mol. The lowest BCUT2D eigenvalue weighted by molar-refractivity contribution is 1.02. The van der Waals surface area contributed by atoms with Crippen LogP contribution in [0, 0.1) is 13.8 Å². The van der Waals surface area contributed by atoms with E-state index in [0.29, 0.717) is 0 Å². The molecular formula is C7H11BrN2. The van der Waals surface area contributed by atoms with Gasteiger partial charge in [0.25, 0.3) is 0 Å².